The minimum absolute atomic E-state index is 0.0839. The lowest BCUT2D eigenvalue weighted by Crippen LogP contribution is -2.66. The van der Waals surface area contributed by atoms with Crippen molar-refractivity contribution in [3.8, 4) is 5.75 Å². The molecule has 0 radical (unpaired) electrons. The molecule has 3 atom stereocenters. The standard InChI is InChI=1S/C24H28ClFN4O5/c1-13-7-8-28-18(9-13)30(14(2)12-35-3)24(34)20-22(32)21(31)16(11-29(20)28)23(33)27-10-15-5-4-6-17(25)19(15)26/h4-6,11,13-14,18,32H,7-10,12H2,1-3H3,(H,27,33)/t13-,14+,18+/m0/s1. The largest absolute Gasteiger partial charge is 0.502 e. The number of nitrogens with one attached hydrogen (secondary N) is 1. The van der Waals surface area contributed by atoms with Crippen LogP contribution in [0, 0.1) is 11.7 Å². The second kappa shape index (κ2) is 9.87. The molecule has 1 aromatic heterocycles. The van der Waals surface area contributed by atoms with Crippen LogP contribution in [0.15, 0.2) is 29.2 Å². The lowest BCUT2D eigenvalue weighted by atomic mass is 9.94. The van der Waals surface area contributed by atoms with E-state index in [4.69, 9.17) is 16.3 Å². The third-order valence-electron chi connectivity index (χ3n) is 6.61. The van der Waals surface area contributed by atoms with Gasteiger partial charge in [-0.2, -0.15) is 0 Å². The minimum Gasteiger partial charge on any atom is -0.502 e. The molecule has 188 valence electrons. The van der Waals surface area contributed by atoms with Gasteiger partial charge in [-0.1, -0.05) is 30.7 Å². The Labute approximate surface area is 207 Å². The van der Waals surface area contributed by atoms with Crippen LogP contribution in [0.1, 0.15) is 53.1 Å². The maximum atomic E-state index is 14.2. The number of nitrogens with zero attached hydrogens (tertiary/aromatic N) is 3. The van der Waals surface area contributed by atoms with E-state index < -0.39 is 28.8 Å². The van der Waals surface area contributed by atoms with E-state index in [1.54, 1.807) is 18.1 Å². The molecule has 1 aromatic carbocycles. The molecule has 2 amide bonds. The molecule has 3 heterocycles. The van der Waals surface area contributed by atoms with Gasteiger partial charge < -0.3 is 20.1 Å². The minimum atomic E-state index is -0.975. The topological polar surface area (TPSA) is 104 Å². The van der Waals surface area contributed by atoms with Gasteiger partial charge in [0.25, 0.3) is 11.8 Å². The number of methoxy groups -OCH3 is 1. The average molecular weight is 507 g/mol. The molecule has 0 bridgehead atoms. The van der Waals surface area contributed by atoms with Crippen molar-refractivity contribution < 1.29 is 23.8 Å². The highest BCUT2D eigenvalue weighted by Gasteiger charge is 2.44. The van der Waals surface area contributed by atoms with Crippen LogP contribution in [0.4, 0.5) is 4.39 Å². The molecule has 1 fully saturated rings. The van der Waals surface area contributed by atoms with Gasteiger partial charge in [0.2, 0.25) is 5.43 Å². The smallest absolute Gasteiger partial charge is 0.278 e. The number of rotatable bonds is 6. The predicted octanol–water partition coefficient (Wildman–Crippen LogP) is 2.46. The monoisotopic (exact) mass is 506 g/mol. The van der Waals surface area contributed by atoms with Crippen molar-refractivity contribution in [2.75, 3.05) is 25.3 Å². The van der Waals surface area contributed by atoms with Crippen molar-refractivity contribution in [3.05, 3.63) is 62.3 Å². The number of carbonyl (C=O) groups is 2. The summed E-state index contributed by atoms with van der Waals surface area (Å²) in [7, 11) is 1.54. The first-order chi connectivity index (χ1) is 16.6. The molecule has 11 heteroatoms. The van der Waals surface area contributed by atoms with Gasteiger partial charge in [-0.25, -0.2) is 4.39 Å². The first-order valence-electron chi connectivity index (χ1n) is 11.4. The van der Waals surface area contributed by atoms with Gasteiger partial charge in [-0.3, -0.25) is 24.1 Å². The number of piperidine rings is 1. The summed E-state index contributed by atoms with van der Waals surface area (Å²) in [6.45, 7) is 4.58. The Bertz CT molecular complexity index is 1220. The van der Waals surface area contributed by atoms with Crippen LogP contribution in [0.3, 0.4) is 0 Å². The van der Waals surface area contributed by atoms with Crippen LogP contribution in [0.5, 0.6) is 5.75 Å². The molecule has 0 aliphatic carbocycles. The molecule has 1 saturated heterocycles. The van der Waals surface area contributed by atoms with Crippen molar-refractivity contribution in [1.29, 1.82) is 0 Å². The van der Waals surface area contributed by atoms with Crippen LogP contribution < -0.4 is 15.8 Å². The van der Waals surface area contributed by atoms with E-state index >= 15 is 0 Å². The Morgan fingerprint density at radius 3 is 2.83 bits per heavy atom. The summed E-state index contributed by atoms with van der Waals surface area (Å²) in [5.41, 5.74) is -1.37. The van der Waals surface area contributed by atoms with Crippen LogP contribution in [0.25, 0.3) is 0 Å². The first kappa shape index (κ1) is 25.0. The zero-order chi connectivity index (χ0) is 25.4. The number of hydrogen-bond acceptors (Lipinski definition) is 6. The highest BCUT2D eigenvalue weighted by atomic mass is 35.5. The number of ether oxygens (including phenoxy) is 1. The van der Waals surface area contributed by atoms with Crippen molar-refractivity contribution in [1.82, 2.24) is 14.9 Å². The average Bonchev–Trinajstić information content (AvgIpc) is 2.81. The number of aromatic nitrogens is 1. The van der Waals surface area contributed by atoms with Gasteiger partial charge in [0.15, 0.2) is 11.4 Å². The molecule has 0 saturated carbocycles. The number of amides is 2. The molecule has 2 N–H and O–H groups in total. The number of fused-ring (bicyclic) bond motifs is 3. The summed E-state index contributed by atoms with van der Waals surface area (Å²) in [6, 6.07) is 4.10. The number of carbonyl (C=O) groups excluding carboxylic acids is 2. The van der Waals surface area contributed by atoms with Crippen molar-refractivity contribution in [2.24, 2.45) is 5.92 Å². The lowest BCUT2D eigenvalue weighted by Gasteiger charge is -2.51. The second-order valence-corrected chi connectivity index (χ2v) is 9.51. The number of pyridine rings is 1. The zero-order valence-electron chi connectivity index (χ0n) is 19.8. The van der Waals surface area contributed by atoms with Gasteiger partial charge in [0, 0.05) is 32.0 Å². The summed E-state index contributed by atoms with van der Waals surface area (Å²) in [4.78, 5) is 41.0. The lowest BCUT2D eigenvalue weighted by molar-refractivity contribution is 0.0201. The maximum absolute atomic E-state index is 14.2. The molecule has 9 nitrogen and oxygen atoms in total. The predicted molar refractivity (Wildman–Crippen MR) is 128 cm³/mol. The molecule has 2 aromatic rings. The Morgan fingerprint density at radius 1 is 1.37 bits per heavy atom. The maximum Gasteiger partial charge on any atom is 0.278 e. The fourth-order valence-electron chi connectivity index (χ4n) is 4.79. The Balaban J connectivity index is 1.72. The Hall–Kier alpha value is -3.11. The summed E-state index contributed by atoms with van der Waals surface area (Å²) in [5.74, 6) is -2.42. The number of aromatic hydroxyl groups is 1. The molecule has 2 aliphatic rings. The van der Waals surface area contributed by atoms with Crippen LogP contribution in [-0.2, 0) is 11.3 Å². The summed E-state index contributed by atoms with van der Waals surface area (Å²) >= 11 is 5.79. The van der Waals surface area contributed by atoms with Crippen LogP contribution in [0.2, 0.25) is 5.02 Å². The second-order valence-electron chi connectivity index (χ2n) is 9.10. The number of benzene rings is 1. The molecule has 0 spiro atoms. The molecule has 2 aliphatic heterocycles. The number of halogens is 2. The van der Waals surface area contributed by atoms with E-state index in [0.29, 0.717) is 18.9 Å². The van der Waals surface area contributed by atoms with Crippen molar-refractivity contribution >= 4 is 23.4 Å². The van der Waals surface area contributed by atoms with E-state index in [-0.39, 0.29) is 47.2 Å². The third kappa shape index (κ3) is 4.48. The summed E-state index contributed by atoms with van der Waals surface area (Å²) in [5, 5.41) is 15.1. The SMILES string of the molecule is COC[C@@H](C)N1C(=O)c2c(O)c(=O)c(C(=O)NCc3cccc(Cl)c3F)cn2N2CC[C@H](C)C[C@@H]12. The Kier molecular flexibility index (Phi) is 7.05. The highest BCUT2D eigenvalue weighted by molar-refractivity contribution is 6.30. The highest BCUT2D eigenvalue weighted by Crippen LogP contribution is 2.33. The van der Waals surface area contributed by atoms with Crippen LogP contribution in [-0.4, -0.2) is 59.0 Å². The van der Waals surface area contributed by atoms with Gasteiger partial charge in [-0.05, 0) is 31.7 Å². The summed E-state index contributed by atoms with van der Waals surface area (Å²) in [6.07, 6.45) is 2.46. The molecular weight excluding hydrogens is 479 g/mol. The van der Waals surface area contributed by atoms with Crippen molar-refractivity contribution in [3.63, 3.8) is 0 Å². The molecule has 35 heavy (non-hydrogen) atoms. The summed E-state index contributed by atoms with van der Waals surface area (Å²) < 4.78 is 20.9. The van der Waals surface area contributed by atoms with E-state index in [1.807, 2.05) is 11.9 Å². The fourth-order valence-corrected chi connectivity index (χ4v) is 4.99. The van der Waals surface area contributed by atoms with Crippen molar-refractivity contribution in [2.45, 2.75) is 45.4 Å². The van der Waals surface area contributed by atoms with E-state index in [1.165, 1.54) is 23.0 Å². The third-order valence-corrected chi connectivity index (χ3v) is 6.90. The molecular formula is C24H28ClFN4O5. The van der Waals surface area contributed by atoms with Gasteiger partial charge in [0.1, 0.15) is 17.5 Å². The normalized spacial score (nSPS) is 20.3. The Morgan fingerprint density at radius 2 is 2.11 bits per heavy atom. The number of hydrogen-bond donors (Lipinski definition) is 2. The zero-order valence-corrected chi connectivity index (χ0v) is 20.5. The van der Waals surface area contributed by atoms with E-state index in [9.17, 15) is 23.9 Å². The molecule has 4 rings (SSSR count). The van der Waals surface area contributed by atoms with Gasteiger partial charge >= 0.3 is 0 Å². The van der Waals surface area contributed by atoms with E-state index in [0.717, 1.165) is 6.42 Å². The van der Waals surface area contributed by atoms with Crippen LogP contribution >= 0.6 is 11.6 Å². The van der Waals surface area contributed by atoms with Gasteiger partial charge in [-0.15, -0.1) is 0 Å². The first-order valence-corrected chi connectivity index (χ1v) is 11.8. The molecule has 0 unspecified atom stereocenters. The van der Waals surface area contributed by atoms with E-state index in [2.05, 4.69) is 12.2 Å². The quantitative estimate of drug-likeness (QED) is 0.624. The van der Waals surface area contributed by atoms with Gasteiger partial charge in [0.05, 0.1) is 17.7 Å². The fraction of sp³-hybridized carbons (Fsp3) is 0.458.